The maximum Gasteiger partial charge on any atom is 0.307 e. The summed E-state index contributed by atoms with van der Waals surface area (Å²) in [7, 11) is 1.85. The molecule has 1 N–H and O–H groups in total. The number of hydrogen-bond donors (Lipinski definition) is 1. The van der Waals surface area contributed by atoms with Crippen LogP contribution in [0.15, 0.2) is 11.6 Å². The van der Waals surface area contributed by atoms with Crippen LogP contribution in [0.3, 0.4) is 0 Å². The first-order valence-corrected chi connectivity index (χ1v) is 14.1. The molecule has 0 radical (unpaired) electrons. The average molecular weight is 473 g/mol. The quantitative estimate of drug-likeness (QED) is 0.397. The van der Waals surface area contributed by atoms with Crippen LogP contribution in [-0.4, -0.2) is 23.8 Å². The fourth-order valence-corrected chi connectivity index (χ4v) is 10.0. The topological polar surface area (TPSA) is 46.5 Å². The highest BCUT2D eigenvalue weighted by Gasteiger charge is 2.62. The molecule has 7 atom stereocenters. The second kappa shape index (κ2) is 8.35. The van der Waals surface area contributed by atoms with Crippen LogP contribution in [0, 0.1) is 51.2 Å². The number of allylic oxidation sites excluding steroid dienone is 2. The van der Waals surface area contributed by atoms with Crippen molar-refractivity contribution in [1.29, 1.82) is 0 Å². The number of fused-ring (bicyclic) bond motifs is 5. The van der Waals surface area contributed by atoms with Crippen LogP contribution in [0.2, 0.25) is 0 Å². The van der Waals surface area contributed by atoms with Gasteiger partial charge in [0.15, 0.2) is 0 Å². The standard InChI is InChI=1S/C31H52O3/c1-27(2,18-19-28(3,4)34-9)24-13-11-21-20-10-12-25-29(5,6)23(26(32)33)15-17-31(25,8)22(20)14-16-30(21,24)7/h12,20-24H,10-11,13-19H2,1-9H3,(H,32,33)/t20-,21-,22+,23+,24-,30+,31+/m0/s1. The Morgan fingerprint density at radius 2 is 1.68 bits per heavy atom. The van der Waals surface area contributed by atoms with Crippen molar-refractivity contribution in [3.8, 4) is 0 Å². The molecule has 0 aromatic rings. The second-order valence-electron chi connectivity index (χ2n) is 14.9. The molecule has 3 saturated carbocycles. The molecular formula is C31H52O3. The molecule has 4 aliphatic carbocycles. The molecule has 0 heterocycles. The molecule has 0 spiro atoms. The van der Waals surface area contributed by atoms with Gasteiger partial charge >= 0.3 is 5.97 Å². The summed E-state index contributed by atoms with van der Waals surface area (Å²) in [4.78, 5) is 12.1. The van der Waals surface area contributed by atoms with E-state index in [-0.39, 0.29) is 22.3 Å². The number of methoxy groups -OCH3 is 1. The highest BCUT2D eigenvalue weighted by Crippen LogP contribution is 2.70. The Balaban J connectivity index is 1.59. The van der Waals surface area contributed by atoms with Crippen molar-refractivity contribution in [3.63, 3.8) is 0 Å². The third-order valence-corrected chi connectivity index (χ3v) is 12.1. The van der Waals surface area contributed by atoms with Gasteiger partial charge < -0.3 is 9.84 Å². The molecule has 0 aromatic heterocycles. The number of hydrogen-bond acceptors (Lipinski definition) is 2. The lowest BCUT2D eigenvalue weighted by atomic mass is 9.43. The van der Waals surface area contributed by atoms with Gasteiger partial charge in [0.25, 0.3) is 0 Å². The van der Waals surface area contributed by atoms with E-state index in [1.54, 1.807) is 0 Å². The Morgan fingerprint density at radius 1 is 1.00 bits per heavy atom. The fraction of sp³-hybridized carbons (Fsp3) is 0.903. The largest absolute Gasteiger partial charge is 0.481 e. The van der Waals surface area contributed by atoms with Gasteiger partial charge in [0.05, 0.1) is 11.5 Å². The van der Waals surface area contributed by atoms with Crippen LogP contribution in [0.25, 0.3) is 0 Å². The van der Waals surface area contributed by atoms with Crippen molar-refractivity contribution in [2.75, 3.05) is 7.11 Å². The zero-order valence-electron chi connectivity index (χ0n) is 23.6. The second-order valence-corrected chi connectivity index (χ2v) is 14.9. The van der Waals surface area contributed by atoms with Gasteiger partial charge in [0.1, 0.15) is 0 Å². The van der Waals surface area contributed by atoms with E-state index in [2.05, 4.69) is 61.5 Å². The first kappa shape index (κ1) is 26.2. The van der Waals surface area contributed by atoms with Gasteiger partial charge in [-0.1, -0.05) is 53.2 Å². The predicted molar refractivity (Wildman–Crippen MR) is 140 cm³/mol. The normalized spacial score (nSPS) is 41.8. The zero-order valence-corrected chi connectivity index (χ0v) is 23.6. The van der Waals surface area contributed by atoms with Crippen LogP contribution in [0.5, 0.6) is 0 Å². The van der Waals surface area contributed by atoms with Crippen molar-refractivity contribution in [3.05, 3.63) is 11.6 Å². The van der Waals surface area contributed by atoms with Gasteiger partial charge in [-0.25, -0.2) is 0 Å². The lowest BCUT2D eigenvalue weighted by Crippen LogP contribution is -2.54. The van der Waals surface area contributed by atoms with Crippen molar-refractivity contribution in [2.24, 2.45) is 51.2 Å². The molecule has 194 valence electrons. The average Bonchev–Trinajstić information content (AvgIpc) is 3.10. The minimum Gasteiger partial charge on any atom is -0.481 e. The summed E-state index contributed by atoms with van der Waals surface area (Å²) in [6.07, 6.45) is 13.3. The van der Waals surface area contributed by atoms with Crippen LogP contribution >= 0.6 is 0 Å². The molecule has 4 aliphatic rings. The van der Waals surface area contributed by atoms with E-state index < -0.39 is 5.97 Å². The Morgan fingerprint density at radius 3 is 2.29 bits per heavy atom. The van der Waals surface area contributed by atoms with E-state index in [1.165, 1.54) is 37.7 Å². The first-order valence-electron chi connectivity index (χ1n) is 14.1. The molecular weight excluding hydrogens is 420 g/mol. The number of ether oxygens (including phenoxy) is 1. The monoisotopic (exact) mass is 472 g/mol. The summed E-state index contributed by atoms with van der Waals surface area (Å²) >= 11 is 0. The summed E-state index contributed by atoms with van der Waals surface area (Å²) < 4.78 is 5.76. The minimum atomic E-state index is -0.608. The van der Waals surface area contributed by atoms with Gasteiger partial charge in [0, 0.05) is 7.11 Å². The molecule has 0 amide bonds. The first-order chi connectivity index (χ1) is 15.6. The third kappa shape index (κ3) is 3.91. The molecule has 3 nitrogen and oxygen atoms in total. The molecule has 0 aliphatic heterocycles. The number of carboxylic acids is 1. The Bertz CT molecular complexity index is 836. The van der Waals surface area contributed by atoms with Gasteiger partial charge in [0.2, 0.25) is 0 Å². The van der Waals surface area contributed by atoms with Crippen molar-refractivity contribution >= 4 is 5.97 Å². The molecule has 34 heavy (non-hydrogen) atoms. The van der Waals surface area contributed by atoms with Gasteiger partial charge in [-0.3, -0.25) is 4.79 Å². The Kier molecular flexibility index (Phi) is 6.45. The summed E-state index contributed by atoms with van der Waals surface area (Å²) in [6.45, 7) is 19.1. The van der Waals surface area contributed by atoms with Crippen LogP contribution in [0.1, 0.15) is 113 Å². The molecule has 0 unspecified atom stereocenters. The Labute approximate surface area is 209 Å². The highest BCUT2D eigenvalue weighted by molar-refractivity contribution is 5.72. The highest BCUT2D eigenvalue weighted by atomic mass is 16.5. The summed E-state index contributed by atoms with van der Waals surface area (Å²) in [6, 6.07) is 0. The molecule has 3 fully saturated rings. The lowest BCUT2D eigenvalue weighted by Gasteiger charge is -2.62. The molecule has 0 saturated heterocycles. The van der Waals surface area contributed by atoms with Gasteiger partial charge in [-0.15, -0.1) is 0 Å². The maximum atomic E-state index is 12.1. The smallest absolute Gasteiger partial charge is 0.307 e. The van der Waals surface area contributed by atoms with Crippen LogP contribution < -0.4 is 0 Å². The Hall–Kier alpha value is -0.830. The molecule has 0 bridgehead atoms. The predicted octanol–water partition coefficient (Wildman–Crippen LogP) is 8.13. The van der Waals surface area contributed by atoms with E-state index in [4.69, 9.17) is 4.74 Å². The van der Waals surface area contributed by atoms with E-state index >= 15 is 0 Å². The number of carbonyl (C=O) groups is 1. The van der Waals surface area contributed by atoms with Gasteiger partial charge in [-0.05, 0) is 117 Å². The number of aliphatic carboxylic acids is 1. The maximum absolute atomic E-state index is 12.1. The zero-order chi connectivity index (χ0) is 25.3. The third-order valence-electron chi connectivity index (χ3n) is 12.1. The van der Waals surface area contributed by atoms with E-state index in [0.717, 1.165) is 43.4 Å². The fourth-order valence-electron chi connectivity index (χ4n) is 10.0. The molecule has 0 aromatic carbocycles. The lowest BCUT2D eigenvalue weighted by molar-refractivity contribution is -0.149. The van der Waals surface area contributed by atoms with Crippen LogP contribution in [-0.2, 0) is 9.53 Å². The SMILES string of the molecule is COC(C)(C)CCC(C)(C)[C@@H]1CC[C@H]2[C@@H]3CC=C4C(C)(C)[C@@H](C(=O)O)CC[C@]4(C)[C@@H]3CC[C@]21C. The summed E-state index contributed by atoms with van der Waals surface area (Å²) in [5, 5.41) is 9.92. The van der Waals surface area contributed by atoms with Crippen molar-refractivity contribution < 1.29 is 14.6 Å². The van der Waals surface area contributed by atoms with Crippen LogP contribution in [0.4, 0.5) is 0 Å². The number of rotatable bonds is 6. The van der Waals surface area contributed by atoms with Gasteiger partial charge in [-0.2, -0.15) is 0 Å². The van der Waals surface area contributed by atoms with Crippen molar-refractivity contribution in [1.82, 2.24) is 0 Å². The minimum absolute atomic E-state index is 0.0470. The molecule has 4 rings (SSSR count). The molecule has 3 heteroatoms. The van der Waals surface area contributed by atoms with E-state index in [0.29, 0.717) is 16.7 Å². The van der Waals surface area contributed by atoms with E-state index in [1.807, 2.05) is 7.11 Å². The van der Waals surface area contributed by atoms with E-state index in [9.17, 15) is 9.90 Å². The van der Waals surface area contributed by atoms with Crippen molar-refractivity contribution in [2.45, 2.75) is 119 Å². The number of carboxylic acid groups (broad SMARTS) is 1. The summed E-state index contributed by atoms with van der Waals surface area (Å²) in [5.74, 6) is 2.21. The summed E-state index contributed by atoms with van der Waals surface area (Å²) in [5.41, 5.74) is 2.12.